The van der Waals surface area contributed by atoms with Crippen LogP contribution in [0.1, 0.15) is 54.1 Å². The Bertz CT molecular complexity index is 669. The Kier molecular flexibility index (Phi) is 5.65. The Morgan fingerprint density at radius 2 is 1.50 bits per heavy atom. The predicted molar refractivity (Wildman–Crippen MR) is 86.2 cm³/mol. The third-order valence-electron chi connectivity index (χ3n) is 4.00. The molecule has 2 aromatic carbocycles. The van der Waals surface area contributed by atoms with E-state index in [9.17, 15) is 18.0 Å². The van der Waals surface area contributed by atoms with E-state index >= 15 is 0 Å². The molecular weight excluding hydrogens is 317 g/mol. The van der Waals surface area contributed by atoms with Crippen molar-refractivity contribution in [3.05, 3.63) is 65.2 Å². The van der Waals surface area contributed by atoms with Gasteiger partial charge in [-0.15, -0.1) is 0 Å². The Morgan fingerprint density at radius 1 is 0.958 bits per heavy atom. The first-order valence-corrected chi connectivity index (χ1v) is 7.84. The van der Waals surface area contributed by atoms with Crippen LogP contribution in [-0.4, -0.2) is 5.97 Å². The first kappa shape index (κ1) is 18.0. The minimum Gasteiger partial charge on any atom is -0.423 e. The van der Waals surface area contributed by atoms with Gasteiger partial charge in [0.2, 0.25) is 0 Å². The van der Waals surface area contributed by atoms with Crippen molar-refractivity contribution in [2.45, 2.75) is 38.8 Å². The maximum absolute atomic E-state index is 12.5. The lowest BCUT2D eigenvalue weighted by Gasteiger charge is -2.13. The number of alkyl halides is 3. The molecule has 0 heterocycles. The highest BCUT2D eigenvalue weighted by Crippen LogP contribution is 2.30. The second-order valence-electron chi connectivity index (χ2n) is 5.55. The number of benzene rings is 2. The van der Waals surface area contributed by atoms with Crippen LogP contribution in [0.2, 0.25) is 0 Å². The number of halogens is 3. The van der Waals surface area contributed by atoms with Gasteiger partial charge in [-0.25, -0.2) is 4.79 Å². The standard InChI is InChI=1S/C19H19F3O2/c1-3-13(4-2)14-5-7-15(8-6-14)18(23)24-17-11-9-16(10-12-17)19(20,21)22/h5-13H,3-4H2,1-2H3. The predicted octanol–water partition coefficient (Wildman–Crippen LogP) is 5.83. The van der Waals surface area contributed by atoms with Gasteiger partial charge in [-0.1, -0.05) is 26.0 Å². The van der Waals surface area contributed by atoms with E-state index in [4.69, 9.17) is 4.74 Å². The lowest BCUT2D eigenvalue weighted by molar-refractivity contribution is -0.137. The number of ether oxygens (including phenoxy) is 1. The van der Waals surface area contributed by atoms with E-state index in [1.165, 1.54) is 0 Å². The van der Waals surface area contributed by atoms with Crippen LogP contribution in [0.3, 0.4) is 0 Å². The van der Waals surface area contributed by atoms with Gasteiger partial charge in [0.05, 0.1) is 11.1 Å². The normalized spacial score (nSPS) is 11.6. The van der Waals surface area contributed by atoms with Crippen LogP contribution in [-0.2, 0) is 6.18 Å². The third kappa shape index (κ3) is 4.37. The van der Waals surface area contributed by atoms with Crippen molar-refractivity contribution in [1.82, 2.24) is 0 Å². The highest BCUT2D eigenvalue weighted by molar-refractivity contribution is 5.91. The molecule has 0 saturated carbocycles. The summed E-state index contributed by atoms with van der Waals surface area (Å²) in [5, 5.41) is 0. The number of esters is 1. The van der Waals surface area contributed by atoms with Crippen molar-refractivity contribution in [3.8, 4) is 5.75 Å². The zero-order valence-corrected chi connectivity index (χ0v) is 13.6. The van der Waals surface area contributed by atoms with Gasteiger partial charge in [-0.05, 0) is 60.7 Å². The van der Waals surface area contributed by atoms with Crippen molar-refractivity contribution in [3.63, 3.8) is 0 Å². The van der Waals surface area contributed by atoms with Crippen molar-refractivity contribution in [1.29, 1.82) is 0 Å². The van der Waals surface area contributed by atoms with E-state index < -0.39 is 17.7 Å². The molecule has 0 saturated heterocycles. The van der Waals surface area contributed by atoms with Gasteiger partial charge < -0.3 is 4.74 Å². The van der Waals surface area contributed by atoms with Gasteiger partial charge in [0.15, 0.2) is 0 Å². The number of rotatable bonds is 5. The Hall–Kier alpha value is -2.30. The quantitative estimate of drug-likeness (QED) is 0.507. The van der Waals surface area contributed by atoms with E-state index in [0.29, 0.717) is 11.5 Å². The van der Waals surface area contributed by atoms with E-state index in [1.807, 2.05) is 12.1 Å². The maximum atomic E-state index is 12.5. The Balaban J connectivity index is 2.07. The van der Waals surface area contributed by atoms with Crippen LogP contribution in [0.25, 0.3) is 0 Å². The molecule has 0 N–H and O–H groups in total. The summed E-state index contributed by atoms with van der Waals surface area (Å²) >= 11 is 0. The van der Waals surface area contributed by atoms with E-state index in [-0.39, 0.29) is 5.75 Å². The Morgan fingerprint density at radius 3 is 1.96 bits per heavy atom. The smallest absolute Gasteiger partial charge is 0.416 e. The zero-order chi connectivity index (χ0) is 17.7. The van der Waals surface area contributed by atoms with Crippen molar-refractivity contribution < 1.29 is 22.7 Å². The van der Waals surface area contributed by atoms with Gasteiger partial charge in [0.1, 0.15) is 5.75 Å². The summed E-state index contributed by atoms with van der Waals surface area (Å²) in [7, 11) is 0. The van der Waals surface area contributed by atoms with Crippen LogP contribution >= 0.6 is 0 Å². The topological polar surface area (TPSA) is 26.3 Å². The molecule has 5 heteroatoms. The highest BCUT2D eigenvalue weighted by Gasteiger charge is 2.30. The van der Waals surface area contributed by atoms with Crippen molar-refractivity contribution in [2.75, 3.05) is 0 Å². The number of hydrogen-bond donors (Lipinski definition) is 0. The van der Waals surface area contributed by atoms with Gasteiger partial charge in [-0.3, -0.25) is 0 Å². The summed E-state index contributed by atoms with van der Waals surface area (Å²) in [5.74, 6) is -0.0621. The lowest BCUT2D eigenvalue weighted by atomic mass is 9.93. The van der Waals surface area contributed by atoms with E-state index in [2.05, 4.69) is 13.8 Å². The minimum absolute atomic E-state index is 0.0806. The van der Waals surface area contributed by atoms with E-state index in [1.54, 1.807) is 12.1 Å². The van der Waals surface area contributed by atoms with Gasteiger partial charge >= 0.3 is 12.1 Å². The second-order valence-corrected chi connectivity index (χ2v) is 5.55. The van der Waals surface area contributed by atoms with Gasteiger partial charge in [0, 0.05) is 0 Å². The molecule has 0 amide bonds. The molecule has 0 unspecified atom stereocenters. The van der Waals surface area contributed by atoms with E-state index in [0.717, 1.165) is 42.7 Å². The summed E-state index contributed by atoms with van der Waals surface area (Å²) in [5.41, 5.74) is 0.743. The van der Waals surface area contributed by atoms with Gasteiger partial charge in [0.25, 0.3) is 0 Å². The monoisotopic (exact) mass is 336 g/mol. The fourth-order valence-electron chi connectivity index (χ4n) is 2.53. The van der Waals surface area contributed by atoms with Crippen LogP contribution in [0.5, 0.6) is 5.75 Å². The molecule has 0 atom stereocenters. The average Bonchev–Trinajstić information content (AvgIpc) is 2.56. The maximum Gasteiger partial charge on any atom is 0.416 e. The minimum atomic E-state index is -4.41. The fraction of sp³-hybridized carbons (Fsp3) is 0.316. The molecule has 0 aliphatic heterocycles. The molecule has 0 aliphatic carbocycles. The molecule has 0 radical (unpaired) electrons. The lowest BCUT2D eigenvalue weighted by Crippen LogP contribution is -2.09. The third-order valence-corrected chi connectivity index (χ3v) is 4.00. The first-order valence-electron chi connectivity index (χ1n) is 7.84. The summed E-state index contributed by atoms with van der Waals surface area (Å²) < 4.78 is 42.6. The molecule has 2 nitrogen and oxygen atoms in total. The van der Waals surface area contributed by atoms with Crippen molar-refractivity contribution >= 4 is 5.97 Å². The summed E-state index contributed by atoms with van der Waals surface area (Å²) in [4.78, 5) is 12.1. The van der Waals surface area contributed by atoms with Crippen molar-refractivity contribution in [2.24, 2.45) is 0 Å². The zero-order valence-electron chi connectivity index (χ0n) is 13.6. The number of carbonyl (C=O) groups is 1. The molecule has 0 fully saturated rings. The fourth-order valence-corrected chi connectivity index (χ4v) is 2.53. The molecular formula is C19H19F3O2. The summed E-state index contributed by atoms with van der Waals surface area (Å²) in [6.07, 6.45) is -2.37. The molecule has 128 valence electrons. The average molecular weight is 336 g/mol. The summed E-state index contributed by atoms with van der Waals surface area (Å²) in [6, 6.07) is 11.2. The largest absolute Gasteiger partial charge is 0.423 e. The number of hydrogen-bond acceptors (Lipinski definition) is 2. The molecule has 24 heavy (non-hydrogen) atoms. The molecule has 0 aromatic heterocycles. The Labute approximate surface area is 139 Å². The highest BCUT2D eigenvalue weighted by atomic mass is 19.4. The van der Waals surface area contributed by atoms with Crippen LogP contribution in [0, 0.1) is 0 Å². The molecule has 2 rings (SSSR count). The molecule has 0 spiro atoms. The first-order chi connectivity index (χ1) is 11.3. The van der Waals surface area contributed by atoms with Crippen LogP contribution < -0.4 is 4.74 Å². The molecule has 0 bridgehead atoms. The van der Waals surface area contributed by atoms with Gasteiger partial charge in [-0.2, -0.15) is 13.2 Å². The SMILES string of the molecule is CCC(CC)c1ccc(C(=O)Oc2ccc(C(F)(F)F)cc2)cc1. The second kappa shape index (κ2) is 7.51. The van der Waals surface area contributed by atoms with Crippen LogP contribution in [0.15, 0.2) is 48.5 Å². The molecule has 2 aromatic rings. The summed E-state index contributed by atoms with van der Waals surface area (Å²) in [6.45, 7) is 4.22. The van der Waals surface area contributed by atoms with Crippen LogP contribution in [0.4, 0.5) is 13.2 Å². The molecule has 0 aliphatic rings. The number of carbonyl (C=O) groups excluding carboxylic acids is 1.